The molecule has 0 saturated heterocycles. The molecule has 2 saturated carbocycles. The van der Waals surface area contributed by atoms with Crippen molar-refractivity contribution in [3.63, 3.8) is 0 Å². The third-order valence-electron chi connectivity index (χ3n) is 4.21. The average Bonchev–Trinajstić information content (AvgIpc) is 2.77. The van der Waals surface area contributed by atoms with E-state index in [0.717, 1.165) is 17.8 Å². The molecule has 2 fully saturated rings. The number of rotatable bonds is 1. The minimum Gasteiger partial charge on any atom is -0.0651 e. The van der Waals surface area contributed by atoms with Gasteiger partial charge >= 0.3 is 0 Å². The molecule has 2 unspecified atom stereocenters. The fraction of sp³-hybridized carbons (Fsp3) is 1.00. The first kappa shape index (κ1) is 12.1. The second-order valence-electron chi connectivity index (χ2n) is 5.47. The van der Waals surface area contributed by atoms with Crippen LogP contribution in [-0.2, 0) is 0 Å². The van der Waals surface area contributed by atoms with Crippen molar-refractivity contribution < 1.29 is 0 Å². The van der Waals surface area contributed by atoms with E-state index in [9.17, 15) is 0 Å². The Bertz CT molecular complexity index is 133. The van der Waals surface area contributed by atoms with Gasteiger partial charge in [-0.15, -0.1) is 0 Å². The molecular weight excluding hydrogens is 168 g/mol. The first-order valence-electron chi connectivity index (χ1n) is 6.74. The maximum absolute atomic E-state index is 2.39. The van der Waals surface area contributed by atoms with Gasteiger partial charge in [0.2, 0.25) is 0 Å². The van der Waals surface area contributed by atoms with E-state index in [-0.39, 0.29) is 0 Å². The highest BCUT2D eigenvalue weighted by atomic mass is 14.3. The van der Waals surface area contributed by atoms with Gasteiger partial charge < -0.3 is 0 Å². The topological polar surface area (TPSA) is 0 Å². The summed E-state index contributed by atoms with van der Waals surface area (Å²) >= 11 is 0. The molecule has 2 atom stereocenters. The van der Waals surface area contributed by atoms with Crippen LogP contribution >= 0.6 is 0 Å². The summed E-state index contributed by atoms with van der Waals surface area (Å²) in [6, 6.07) is 0. The van der Waals surface area contributed by atoms with E-state index in [2.05, 4.69) is 20.8 Å². The van der Waals surface area contributed by atoms with E-state index in [4.69, 9.17) is 0 Å². The molecule has 0 aromatic carbocycles. The molecule has 0 nitrogen and oxygen atoms in total. The van der Waals surface area contributed by atoms with E-state index in [1.165, 1.54) is 51.4 Å². The van der Waals surface area contributed by atoms with Crippen LogP contribution < -0.4 is 0 Å². The van der Waals surface area contributed by atoms with Crippen molar-refractivity contribution >= 4 is 0 Å². The lowest BCUT2D eigenvalue weighted by Crippen LogP contribution is -2.00. The molecule has 2 aliphatic carbocycles. The molecule has 0 N–H and O–H groups in total. The lowest BCUT2D eigenvalue weighted by molar-refractivity contribution is 0.407. The molecule has 0 aromatic rings. The van der Waals surface area contributed by atoms with E-state index in [0.29, 0.717) is 0 Å². The SMILES string of the molecule is CC1CCCC1.CCC1CCCC1C. The fourth-order valence-corrected chi connectivity index (χ4v) is 2.96. The summed E-state index contributed by atoms with van der Waals surface area (Å²) in [5.41, 5.74) is 0. The molecule has 0 radical (unpaired) electrons. The van der Waals surface area contributed by atoms with Crippen LogP contribution in [-0.4, -0.2) is 0 Å². The Morgan fingerprint density at radius 3 is 1.71 bits per heavy atom. The third-order valence-corrected chi connectivity index (χ3v) is 4.21. The predicted molar refractivity (Wildman–Crippen MR) is 64.4 cm³/mol. The highest BCUT2D eigenvalue weighted by Crippen LogP contribution is 2.32. The van der Waals surface area contributed by atoms with Gasteiger partial charge in [-0.3, -0.25) is 0 Å². The zero-order valence-corrected chi connectivity index (χ0v) is 10.4. The normalized spacial score (nSPS) is 32.8. The van der Waals surface area contributed by atoms with Crippen molar-refractivity contribution in [2.45, 2.75) is 72.1 Å². The van der Waals surface area contributed by atoms with Crippen LogP contribution in [0, 0.1) is 17.8 Å². The Labute approximate surface area is 90.5 Å². The van der Waals surface area contributed by atoms with E-state index in [1.54, 1.807) is 0 Å². The zero-order chi connectivity index (χ0) is 10.4. The summed E-state index contributed by atoms with van der Waals surface area (Å²) in [5, 5.41) is 0. The van der Waals surface area contributed by atoms with Crippen LogP contribution in [0.2, 0.25) is 0 Å². The maximum Gasteiger partial charge on any atom is -0.0391 e. The van der Waals surface area contributed by atoms with Crippen molar-refractivity contribution in [2.24, 2.45) is 17.8 Å². The van der Waals surface area contributed by atoms with Gasteiger partial charge in [0.05, 0.1) is 0 Å². The molecule has 0 bridgehead atoms. The van der Waals surface area contributed by atoms with Crippen LogP contribution in [0.15, 0.2) is 0 Å². The Hall–Kier alpha value is 0. The van der Waals surface area contributed by atoms with Crippen LogP contribution in [0.25, 0.3) is 0 Å². The molecule has 0 aliphatic heterocycles. The lowest BCUT2D eigenvalue weighted by Gasteiger charge is -2.10. The molecule has 2 rings (SSSR count). The standard InChI is InChI=1S/C8H16.C6H12/c1-3-8-6-4-5-7(8)2;1-6-4-2-3-5-6/h7-8H,3-6H2,1-2H3;6H,2-5H2,1H3. The fourth-order valence-electron chi connectivity index (χ4n) is 2.96. The lowest BCUT2D eigenvalue weighted by atomic mass is 9.96. The molecule has 0 heteroatoms. The molecule has 2 aliphatic rings. The summed E-state index contributed by atoms with van der Waals surface area (Å²) in [6.07, 6.45) is 11.8. The van der Waals surface area contributed by atoms with Gasteiger partial charge in [-0.2, -0.15) is 0 Å². The van der Waals surface area contributed by atoms with E-state index >= 15 is 0 Å². The summed E-state index contributed by atoms with van der Waals surface area (Å²) < 4.78 is 0. The van der Waals surface area contributed by atoms with E-state index < -0.39 is 0 Å². The second-order valence-corrected chi connectivity index (χ2v) is 5.47. The van der Waals surface area contributed by atoms with Crippen LogP contribution in [0.5, 0.6) is 0 Å². The van der Waals surface area contributed by atoms with Crippen molar-refractivity contribution in [3.8, 4) is 0 Å². The summed E-state index contributed by atoms with van der Waals surface area (Å²) in [5.74, 6) is 3.14. The van der Waals surface area contributed by atoms with Gasteiger partial charge in [-0.05, 0) is 17.8 Å². The van der Waals surface area contributed by atoms with Crippen LogP contribution in [0.3, 0.4) is 0 Å². The molecule has 0 aromatic heterocycles. The first-order chi connectivity index (χ1) is 6.74. The number of hydrogen-bond acceptors (Lipinski definition) is 0. The van der Waals surface area contributed by atoms with Gasteiger partial charge in [0.15, 0.2) is 0 Å². The van der Waals surface area contributed by atoms with Gasteiger partial charge in [0.25, 0.3) is 0 Å². The first-order valence-corrected chi connectivity index (χ1v) is 6.74. The average molecular weight is 196 g/mol. The molecule has 0 amide bonds. The zero-order valence-electron chi connectivity index (χ0n) is 10.4. The second kappa shape index (κ2) is 6.48. The Balaban J connectivity index is 0.000000146. The van der Waals surface area contributed by atoms with Crippen molar-refractivity contribution in [1.82, 2.24) is 0 Å². The third kappa shape index (κ3) is 4.02. The van der Waals surface area contributed by atoms with Crippen molar-refractivity contribution in [1.29, 1.82) is 0 Å². The highest BCUT2D eigenvalue weighted by Gasteiger charge is 2.20. The van der Waals surface area contributed by atoms with Crippen molar-refractivity contribution in [3.05, 3.63) is 0 Å². The van der Waals surface area contributed by atoms with Crippen LogP contribution in [0.1, 0.15) is 72.1 Å². The van der Waals surface area contributed by atoms with Gasteiger partial charge in [-0.25, -0.2) is 0 Å². The molecule has 0 heterocycles. The van der Waals surface area contributed by atoms with Gasteiger partial charge in [0.1, 0.15) is 0 Å². The highest BCUT2D eigenvalue weighted by molar-refractivity contribution is 4.72. The monoisotopic (exact) mass is 196 g/mol. The molecule has 0 spiro atoms. The number of hydrogen-bond donors (Lipinski definition) is 0. The maximum atomic E-state index is 2.39. The van der Waals surface area contributed by atoms with Gasteiger partial charge in [-0.1, -0.05) is 72.1 Å². The quantitative estimate of drug-likeness (QED) is 0.552. The Kier molecular flexibility index (Phi) is 5.59. The minimum atomic E-state index is 1.03. The molecule has 14 heavy (non-hydrogen) atoms. The largest absolute Gasteiger partial charge is 0.0651 e. The summed E-state index contributed by atoms with van der Waals surface area (Å²) in [7, 11) is 0. The van der Waals surface area contributed by atoms with Gasteiger partial charge in [0, 0.05) is 0 Å². The minimum absolute atomic E-state index is 1.03. The predicted octanol–water partition coefficient (Wildman–Crippen LogP) is 5.03. The Morgan fingerprint density at radius 1 is 0.857 bits per heavy atom. The van der Waals surface area contributed by atoms with E-state index in [1.807, 2.05) is 0 Å². The van der Waals surface area contributed by atoms with Crippen LogP contribution in [0.4, 0.5) is 0 Å². The molecule has 84 valence electrons. The summed E-state index contributed by atoms with van der Waals surface area (Å²) in [6.45, 7) is 7.04. The van der Waals surface area contributed by atoms with Crippen molar-refractivity contribution in [2.75, 3.05) is 0 Å². The Morgan fingerprint density at radius 2 is 1.50 bits per heavy atom. The summed E-state index contributed by atoms with van der Waals surface area (Å²) in [4.78, 5) is 0. The molecular formula is C14H28. The smallest absolute Gasteiger partial charge is 0.0391 e.